The summed E-state index contributed by atoms with van der Waals surface area (Å²) in [5, 5.41) is 4.23. The van der Waals surface area contributed by atoms with E-state index in [1.54, 1.807) is 10.7 Å². The van der Waals surface area contributed by atoms with E-state index in [4.69, 9.17) is 0 Å². The van der Waals surface area contributed by atoms with Crippen molar-refractivity contribution in [1.29, 1.82) is 0 Å². The molecule has 21 heavy (non-hydrogen) atoms. The van der Waals surface area contributed by atoms with Crippen LogP contribution in [-0.2, 0) is 10.0 Å². The molecule has 0 spiro atoms. The Hall–Kier alpha value is -2.15. The predicted octanol–water partition coefficient (Wildman–Crippen LogP) is 1.69. The lowest BCUT2D eigenvalue weighted by Crippen LogP contribution is -2.29. The molecule has 0 fully saturated rings. The summed E-state index contributed by atoms with van der Waals surface area (Å²) in [5.41, 5.74) is 1.73. The summed E-state index contributed by atoms with van der Waals surface area (Å²) in [4.78, 5) is 11.9. The maximum Gasteiger partial charge on any atom is 0.285 e. The minimum Gasteiger partial charge on any atom is -0.266 e. The molecule has 0 atom stereocenters. The molecule has 0 saturated heterocycles. The zero-order chi connectivity index (χ0) is 15.6. The van der Waals surface area contributed by atoms with E-state index >= 15 is 0 Å². The molecule has 0 saturated carbocycles. The van der Waals surface area contributed by atoms with Crippen LogP contribution in [0.2, 0.25) is 0 Å². The molecular weight excluding hydrogens is 290 g/mol. The van der Waals surface area contributed by atoms with E-state index in [0.29, 0.717) is 0 Å². The summed E-state index contributed by atoms with van der Waals surface area (Å²) in [5.74, 6) is -0.591. The second-order valence-corrected chi connectivity index (χ2v) is 6.81. The molecule has 1 amide bonds. The molecule has 2 rings (SSSR count). The van der Waals surface area contributed by atoms with Crippen LogP contribution in [0.15, 0.2) is 36.4 Å². The number of carbonyl (C=O) groups excluding carboxylic acids is 1. The number of benzene rings is 1. The first-order valence-electron chi connectivity index (χ1n) is 6.45. The number of amides is 1. The topological polar surface area (TPSA) is 81.1 Å². The highest BCUT2D eigenvalue weighted by Gasteiger charge is 2.19. The number of sulfonamides is 1. The Morgan fingerprint density at radius 1 is 1.24 bits per heavy atom. The molecule has 7 heteroatoms. The van der Waals surface area contributed by atoms with Crippen molar-refractivity contribution in [3.05, 3.63) is 47.8 Å². The third kappa shape index (κ3) is 3.69. The number of hydrogen-bond acceptors (Lipinski definition) is 4. The maximum absolute atomic E-state index is 11.9. The fourth-order valence-corrected chi connectivity index (χ4v) is 2.36. The molecule has 0 aliphatic carbocycles. The standard InChI is InChI=1S/C14H17N3O3S/c1-10(2)13-9-12(14(18)16-21(3,19)20)15-17(13)11-7-5-4-6-8-11/h4-10H,1-3H3,(H,16,18). The Morgan fingerprint density at radius 3 is 2.38 bits per heavy atom. The minimum absolute atomic E-state index is 0.0768. The van der Waals surface area contributed by atoms with Crippen molar-refractivity contribution in [2.75, 3.05) is 6.26 Å². The number of rotatable bonds is 4. The van der Waals surface area contributed by atoms with Crippen LogP contribution in [0, 0.1) is 0 Å². The van der Waals surface area contributed by atoms with E-state index < -0.39 is 15.9 Å². The molecule has 0 radical (unpaired) electrons. The van der Waals surface area contributed by atoms with Gasteiger partial charge in [0.15, 0.2) is 5.69 Å². The molecule has 6 nitrogen and oxygen atoms in total. The molecule has 0 aliphatic heterocycles. The molecular formula is C14H17N3O3S. The number of nitrogens with zero attached hydrogens (tertiary/aromatic N) is 2. The highest BCUT2D eigenvalue weighted by atomic mass is 32.2. The first-order valence-corrected chi connectivity index (χ1v) is 8.34. The first kappa shape index (κ1) is 15.2. The fraction of sp³-hybridized carbons (Fsp3) is 0.286. The van der Waals surface area contributed by atoms with Gasteiger partial charge in [-0.2, -0.15) is 5.10 Å². The van der Waals surface area contributed by atoms with Crippen LogP contribution in [0.5, 0.6) is 0 Å². The maximum atomic E-state index is 11.9. The summed E-state index contributed by atoms with van der Waals surface area (Å²) in [6.07, 6.45) is 0.933. The van der Waals surface area contributed by atoms with Gasteiger partial charge in [0, 0.05) is 5.69 Å². The van der Waals surface area contributed by atoms with Crippen molar-refractivity contribution in [2.24, 2.45) is 0 Å². The third-order valence-corrected chi connectivity index (χ3v) is 3.40. The van der Waals surface area contributed by atoms with Gasteiger partial charge in [-0.1, -0.05) is 32.0 Å². The second kappa shape index (κ2) is 5.69. The van der Waals surface area contributed by atoms with Gasteiger partial charge in [0.05, 0.1) is 11.9 Å². The Balaban J connectivity index is 2.45. The monoisotopic (exact) mass is 307 g/mol. The molecule has 1 aromatic heterocycles. The molecule has 1 heterocycles. The molecule has 0 aliphatic rings. The van der Waals surface area contributed by atoms with Crippen molar-refractivity contribution in [3.8, 4) is 5.69 Å². The highest BCUT2D eigenvalue weighted by molar-refractivity contribution is 7.89. The van der Waals surface area contributed by atoms with Gasteiger partial charge in [-0.15, -0.1) is 0 Å². The van der Waals surface area contributed by atoms with E-state index in [2.05, 4.69) is 5.10 Å². The Morgan fingerprint density at radius 2 is 1.86 bits per heavy atom. The molecule has 1 N–H and O–H groups in total. The van der Waals surface area contributed by atoms with E-state index in [0.717, 1.165) is 17.6 Å². The average molecular weight is 307 g/mol. The smallest absolute Gasteiger partial charge is 0.266 e. The Bertz CT molecular complexity index is 749. The van der Waals surface area contributed by atoms with Crippen LogP contribution in [0.1, 0.15) is 35.9 Å². The lowest BCUT2D eigenvalue weighted by molar-refractivity contribution is 0.0976. The molecule has 0 unspecified atom stereocenters. The highest BCUT2D eigenvalue weighted by Crippen LogP contribution is 2.20. The van der Waals surface area contributed by atoms with Crippen LogP contribution >= 0.6 is 0 Å². The Labute approximate surface area is 123 Å². The van der Waals surface area contributed by atoms with Gasteiger partial charge in [-0.25, -0.2) is 17.8 Å². The van der Waals surface area contributed by atoms with E-state index in [9.17, 15) is 13.2 Å². The lowest BCUT2D eigenvalue weighted by Gasteiger charge is -2.09. The van der Waals surface area contributed by atoms with Gasteiger partial charge in [-0.3, -0.25) is 4.79 Å². The molecule has 0 bridgehead atoms. The third-order valence-electron chi connectivity index (χ3n) is 2.84. The van der Waals surface area contributed by atoms with Crippen LogP contribution in [-0.4, -0.2) is 30.4 Å². The molecule has 2 aromatic rings. The van der Waals surface area contributed by atoms with Crippen molar-refractivity contribution < 1.29 is 13.2 Å². The van der Waals surface area contributed by atoms with Crippen molar-refractivity contribution >= 4 is 15.9 Å². The van der Waals surface area contributed by atoms with Crippen molar-refractivity contribution in [3.63, 3.8) is 0 Å². The van der Waals surface area contributed by atoms with Crippen LogP contribution in [0.25, 0.3) is 5.69 Å². The zero-order valence-corrected chi connectivity index (χ0v) is 12.9. The largest absolute Gasteiger partial charge is 0.285 e. The summed E-state index contributed by atoms with van der Waals surface area (Å²) in [7, 11) is -3.61. The number of para-hydroxylation sites is 1. The van der Waals surface area contributed by atoms with Gasteiger partial charge in [-0.05, 0) is 24.1 Å². The first-order chi connectivity index (χ1) is 9.78. The molecule has 112 valence electrons. The number of carbonyl (C=O) groups is 1. The van der Waals surface area contributed by atoms with Gasteiger partial charge in [0.2, 0.25) is 10.0 Å². The quantitative estimate of drug-likeness (QED) is 0.932. The second-order valence-electron chi connectivity index (χ2n) is 5.06. The number of hydrogen-bond donors (Lipinski definition) is 1. The summed E-state index contributed by atoms with van der Waals surface area (Å²) < 4.78 is 25.9. The zero-order valence-electron chi connectivity index (χ0n) is 12.1. The summed E-state index contributed by atoms with van der Waals surface area (Å²) in [6, 6.07) is 11.0. The van der Waals surface area contributed by atoms with E-state index in [-0.39, 0.29) is 11.6 Å². The SMILES string of the molecule is CC(C)c1cc(C(=O)NS(C)(=O)=O)nn1-c1ccccc1. The average Bonchev–Trinajstić information content (AvgIpc) is 2.83. The van der Waals surface area contributed by atoms with Crippen molar-refractivity contribution in [2.45, 2.75) is 19.8 Å². The predicted molar refractivity (Wildman–Crippen MR) is 80.0 cm³/mol. The Kier molecular flexibility index (Phi) is 4.13. The summed E-state index contributed by atoms with van der Waals surface area (Å²) >= 11 is 0. The van der Waals surface area contributed by atoms with E-state index in [1.807, 2.05) is 48.9 Å². The van der Waals surface area contributed by atoms with Crippen LogP contribution < -0.4 is 4.72 Å². The van der Waals surface area contributed by atoms with Gasteiger partial charge in [0.25, 0.3) is 5.91 Å². The lowest BCUT2D eigenvalue weighted by atomic mass is 10.1. The van der Waals surface area contributed by atoms with Gasteiger partial charge >= 0.3 is 0 Å². The number of aromatic nitrogens is 2. The van der Waals surface area contributed by atoms with Gasteiger partial charge < -0.3 is 0 Å². The summed E-state index contributed by atoms with van der Waals surface area (Å²) in [6.45, 7) is 3.96. The van der Waals surface area contributed by atoms with Crippen LogP contribution in [0.4, 0.5) is 0 Å². The van der Waals surface area contributed by atoms with Crippen LogP contribution in [0.3, 0.4) is 0 Å². The van der Waals surface area contributed by atoms with Crippen molar-refractivity contribution in [1.82, 2.24) is 14.5 Å². The normalized spacial score (nSPS) is 11.6. The molecule has 1 aromatic carbocycles. The number of nitrogens with one attached hydrogen (secondary N) is 1. The van der Waals surface area contributed by atoms with Gasteiger partial charge in [0.1, 0.15) is 0 Å². The van der Waals surface area contributed by atoms with E-state index in [1.165, 1.54) is 0 Å². The minimum atomic E-state index is -3.61. The fourth-order valence-electron chi connectivity index (χ4n) is 1.91.